The Hall–Kier alpha value is -3.42. The summed E-state index contributed by atoms with van der Waals surface area (Å²) in [5, 5.41) is 4.73. The zero-order chi connectivity index (χ0) is 22.8. The van der Waals surface area contributed by atoms with Gasteiger partial charge in [-0.2, -0.15) is 0 Å². The van der Waals surface area contributed by atoms with Crippen LogP contribution in [0.15, 0.2) is 85.3 Å². The van der Waals surface area contributed by atoms with Crippen molar-refractivity contribution < 1.29 is 4.74 Å². The van der Waals surface area contributed by atoms with Crippen molar-refractivity contribution in [2.75, 3.05) is 11.5 Å². The first-order valence-electron chi connectivity index (χ1n) is 10.7. The topological polar surface area (TPSA) is 55.2 Å². The molecule has 1 saturated heterocycles. The third-order valence-electron chi connectivity index (χ3n) is 5.57. The average Bonchev–Trinajstić information content (AvgIpc) is 3.45. The van der Waals surface area contributed by atoms with E-state index < -0.39 is 0 Å². The van der Waals surface area contributed by atoms with Gasteiger partial charge in [-0.25, -0.2) is 4.98 Å². The lowest BCUT2D eigenvalue weighted by Crippen LogP contribution is -2.30. The predicted octanol–water partition coefficient (Wildman–Crippen LogP) is 5.50. The molecule has 33 heavy (non-hydrogen) atoms. The molecule has 1 aromatic carbocycles. The number of hydrogen-bond acceptors (Lipinski definition) is 4. The van der Waals surface area contributed by atoms with Crippen molar-refractivity contribution in [2.24, 2.45) is 0 Å². The van der Waals surface area contributed by atoms with Crippen LogP contribution in [0, 0.1) is 0 Å². The van der Waals surface area contributed by atoms with Crippen LogP contribution in [0.2, 0.25) is 5.02 Å². The molecule has 0 amide bonds. The molecule has 1 N–H and O–H groups in total. The molecule has 0 unspecified atom stereocenters. The van der Waals surface area contributed by atoms with E-state index in [-0.39, 0.29) is 12.1 Å². The van der Waals surface area contributed by atoms with E-state index in [1.165, 1.54) is 0 Å². The summed E-state index contributed by atoms with van der Waals surface area (Å²) in [6.45, 7) is 2.59. The summed E-state index contributed by atoms with van der Waals surface area (Å²) >= 11 is 11.9. The Bertz CT molecular complexity index is 1240. The van der Waals surface area contributed by atoms with Crippen LogP contribution in [-0.4, -0.2) is 26.3 Å². The molecule has 0 aliphatic carbocycles. The van der Waals surface area contributed by atoms with Crippen LogP contribution in [-0.2, 0) is 0 Å². The van der Waals surface area contributed by atoms with Crippen LogP contribution in [0.1, 0.15) is 30.4 Å². The van der Waals surface area contributed by atoms with E-state index in [0.29, 0.717) is 16.7 Å². The van der Waals surface area contributed by atoms with Gasteiger partial charge in [0.15, 0.2) is 5.11 Å². The lowest BCUT2D eigenvalue weighted by molar-refractivity contribution is 0.340. The van der Waals surface area contributed by atoms with Gasteiger partial charge in [-0.15, -0.1) is 0 Å². The van der Waals surface area contributed by atoms with Gasteiger partial charge >= 0.3 is 0 Å². The van der Waals surface area contributed by atoms with Gasteiger partial charge in [0.2, 0.25) is 0 Å². The number of nitrogens with one attached hydrogen (secondary N) is 1. The number of hydrogen-bond donors (Lipinski definition) is 1. The Morgan fingerprint density at radius 3 is 2.58 bits per heavy atom. The van der Waals surface area contributed by atoms with E-state index in [0.717, 1.165) is 28.6 Å². The van der Waals surface area contributed by atoms with E-state index in [2.05, 4.69) is 30.8 Å². The number of anilines is 1. The molecule has 166 valence electrons. The highest BCUT2D eigenvalue weighted by Gasteiger charge is 2.42. The van der Waals surface area contributed by atoms with Gasteiger partial charge in [-0.05, 0) is 79.8 Å². The molecule has 2 atom stereocenters. The Balaban J connectivity index is 1.62. The predicted molar refractivity (Wildman–Crippen MR) is 134 cm³/mol. The standard InChI is InChI=1S/C25H22ClN5OS/c1-2-32-19-11-9-18(10-12-19)31-24(23(29-25(31)33)20-6-3-4-14-27-20)21-7-5-15-30(21)22-13-8-17(26)16-28-22/h3-16,23-24H,2H2,1H3,(H,29,33)/t23-,24+/m0/s1. The Morgan fingerprint density at radius 1 is 1.03 bits per heavy atom. The van der Waals surface area contributed by atoms with Crippen molar-refractivity contribution in [1.29, 1.82) is 0 Å². The fourth-order valence-electron chi connectivity index (χ4n) is 4.16. The van der Waals surface area contributed by atoms with E-state index in [1.807, 2.05) is 73.8 Å². The third-order valence-corrected chi connectivity index (χ3v) is 6.10. The summed E-state index contributed by atoms with van der Waals surface area (Å²) in [5.74, 6) is 1.61. The van der Waals surface area contributed by atoms with Crippen molar-refractivity contribution in [1.82, 2.24) is 19.9 Å². The summed E-state index contributed by atoms with van der Waals surface area (Å²) in [6, 6.07) is 21.5. The smallest absolute Gasteiger partial charge is 0.174 e. The molecule has 0 radical (unpaired) electrons. The van der Waals surface area contributed by atoms with Gasteiger partial charge in [0, 0.05) is 30.0 Å². The largest absolute Gasteiger partial charge is 0.494 e. The maximum absolute atomic E-state index is 6.08. The molecule has 6 nitrogen and oxygen atoms in total. The summed E-state index contributed by atoms with van der Waals surface area (Å²) in [5.41, 5.74) is 2.91. The van der Waals surface area contributed by atoms with Crippen LogP contribution < -0.4 is 15.0 Å². The van der Waals surface area contributed by atoms with E-state index in [9.17, 15) is 0 Å². The van der Waals surface area contributed by atoms with E-state index in [4.69, 9.17) is 28.6 Å². The van der Waals surface area contributed by atoms with Crippen molar-refractivity contribution in [3.63, 3.8) is 0 Å². The van der Waals surface area contributed by atoms with Gasteiger partial charge < -0.3 is 19.5 Å². The minimum atomic E-state index is -0.155. The lowest BCUT2D eigenvalue weighted by Gasteiger charge is -2.29. The molecule has 5 rings (SSSR count). The summed E-state index contributed by atoms with van der Waals surface area (Å²) in [7, 11) is 0. The summed E-state index contributed by atoms with van der Waals surface area (Å²) < 4.78 is 7.69. The molecule has 8 heteroatoms. The molecule has 3 aromatic heterocycles. The number of rotatable bonds is 6. The second-order valence-corrected chi connectivity index (χ2v) is 8.38. The number of aromatic nitrogens is 3. The number of halogens is 1. The van der Waals surface area contributed by atoms with Crippen molar-refractivity contribution >= 4 is 34.6 Å². The van der Waals surface area contributed by atoms with Crippen molar-refractivity contribution in [2.45, 2.75) is 19.0 Å². The lowest BCUT2D eigenvalue weighted by atomic mass is 10.0. The van der Waals surface area contributed by atoms with Crippen LogP contribution in [0.3, 0.4) is 0 Å². The molecule has 1 fully saturated rings. The molecular formula is C25H22ClN5OS. The van der Waals surface area contributed by atoms with Crippen molar-refractivity contribution in [3.8, 4) is 11.6 Å². The highest BCUT2D eigenvalue weighted by molar-refractivity contribution is 7.80. The quantitative estimate of drug-likeness (QED) is 0.372. The molecule has 4 heterocycles. The highest BCUT2D eigenvalue weighted by Crippen LogP contribution is 2.42. The minimum absolute atomic E-state index is 0.147. The number of pyridine rings is 2. The molecular weight excluding hydrogens is 454 g/mol. The van der Waals surface area contributed by atoms with Gasteiger partial charge in [-0.1, -0.05) is 17.7 Å². The number of nitrogens with zero attached hydrogens (tertiary/aromatic N) is 4. The van der Waals surface area contributed by atoms with Crippen molar-refractivity contribution in [3.05, 3.63) is 102 Å². The van der Waals surface area contributed by atoms with E-state index in [1.54, 1.807) is 12.4 Å². The molecule has 1 aliphatic heterocycles. The molecule has 0 bridgehead atoms. The average molecular weight is 476 g/mol. The first-order chi connectivity index (χ1) is 16.2. The minimum Gasteiger partial charge on any atom is -0.494 e. The molecule has 0 saturated carbocycles. The summed E-state index contributed by atoms with van der Waals surface area (Å²) in [6.07, 6.45) is 5.45. The fourth-order valence-corrected chi connectivity index (χ4v) is 4.62. The zero-order valence-corrected chi connectivity index (χ0v) is 19.5. The third kappa shape index (κ3) is 4.17. The van der Waals surface area contributed by atoms with Gasteiger partial charge in [0.25, 0.3) is 0 Å². The first kappa shape index (κ1) is 21.4. The van der Waals surface area contributed by atoms with Crippen LogP contribution >= 0.6 is 23.8 Å². The first-order valence-corrected chi connectivity index (χ1v) is 11.5. The Morgan fingerprint density at radius 2 is 1.88 bits per heavy atom. The van der Waals surface area contributed by atoms with Crippen LogP contribution in [0.5, 0.6) is 5.75 Å². The Kier molecular flexibility index (Phi) is 5.98. The molecule has 0 spiro atoms. The maximum Gasteiger partial charge on any atom is 0.174 e. The van der Waals surface area contributed by atoms with E-state index >= 15 is 0 Å². The SMILES string of the molecule is CCOc1ccc(N2C(=S)N[C@@H](c3ccccn3)[C@H]2c2cccn2-c2ccc(Cl)cn2)cc1. The number of ether oxygens (including phenoxy) is 1. The highest BCUT2D eigenvalue weighted by atomic mass is 35.5. The Labute approximate surface area is 202 Å². The normalized spacial score (nSPS) is 17.8. The maximum atomic E-state index is 6.08. The van der Waals surface area contributed by atoms with Gasteiger partial charge in [-0.3, -0.25) is 4.98 Å². The van der Waals surface area contributed by atoms with Crippen LogP contribution in [0.25, 0.3) is 5.82 Å². The van der Waals surface area contributed by atoms with Crippen LogP contribution in [0.4, 0.5) is 5.69 Å². The molecule has 1 aliphatic rings. The van der Waals surface area contributed by atoms with Gasteiger partial charge in [0.05, 0.1) is 23.4 Å². The zero-order valence-electron chi connectivity index (χ0n) is 17.9. The number of thiocarbonyl (C=S) groups is 1. The molecule has 4 aromatic rings. The monoisotopic (exact) mass is 475 g/mol. The number of benzene rings is 1. The fraction of sp³-hybridized carbons (Fsp3) is 0.160. The second-order valence-electron chi connectivity index (χ2n) is 7.56. The second kappa shape index (κ2) is 9.21. The summed E-state index contributed by atoms with van der Waals surface area (Å²) in [4.78, 5) is 11.3. The van der Waals surface area contributed by atoms with Gasteiger partial charge in [0.1, 0.15) is 17.6 Å².